The molecule has 0 bridgehead atoms. The Bertz CT molecular complexity index is 2460. The van der Waals surface area contributed by atoms with E-state index >= 15 is 0 Å². The molecule has 0 saturated carbocycles. The Morgan fingerprint density at radius 3 is 1.79 bits per heavy atom. The van der Waals surface area contributed by atoms with Crippen LogP contribution in [0.5, 0.6) is 0 Å². The van der Waals surface area contributed by atoms with Crippen LogP contribution in [0.4, 0.5) is 0 Å². The van der Waals surface area contributed by atoms with Crippen LogP contribution in [0, 0.1) is 0 Å². The van der Waals surface area contributed by atoms with E-state index in [1.807, 2.05) is 36.5 Å². The molecule has 3 aromatic heterocycles. The first-order valence-corrected chi connectivity index (χ1v) is 14.3. The fraction of sp³-hybridized carbons (Fsp3) is 0. The van der Waals surface area contributed by atoms with Crippen molar-refractivity contribution in [3.8, 4) is 28.7 Å². The molecule has 3 heterocycles. The number of hydrogen-bond donors (Lipinski definition) is 0. The van der Waals surface area contributed by atoms with Gasteiger partial charge in [-0.2, -0.15) is 9.97 Å². The average molecular weight is 550 g/mol. The smallest absolute Gasteiger partial charge is 0.238 e. The molecule has 0 aliphatic heterocycles. The molecule has 9 rings (SSSR count). The van der Waals surface area contributed by atoms with Crippen molar-refractivity contribution in [3.05, 3.63) is 140 Å². The fourth-order valence-electron chi connectivity index (χ4n) is 6.26. The second-order valence-electron chi connectivity index (χ2n) is 10.8. The first kappa shape index (κ1) is 23.7. The van der Waals surface area contributed by atoms with Crippen LogP contribution >= 0.6 is 0 Å². The Labute approximate surface area is 246 Å². The third-order valence-electron chi connectivity index (χ3n) is 8.27. The van der Waals surface area contributed by atoms with Gasteiger partial charge in [-0.1, -0.05) is 115 Å². The fourth-order valence-corrected chi connectivity index (χ4v) is 6.26. The molecule has 43 heavy (non-hydrogen) atoms. The van der Waals surface area contributed by atoms with E-state index in [1.54, 1.807) is 0 Å². The van der Waals surface area contributed by atoms with Gasteiger partial charge in [0.15, 0.2) is 11.6 Å². The summed E-state index contributed by atoms with van der Waals surface area (Å²) in [5.74, 6) is 1.78. The lowest BCUT2D eigenvalue weighted by Crippen LogP contribution is -2.06. The minimum atomic E-state index is 0.575. The monoisotopic (exact) mass is 549 g/mol. The highest BCUT2D eigenvalue weighted by atomic mass is 15.2. The highest BCUT2D eigenvalue weighted by molar-refractivity contribution is 6.16. The SMILES string of the molecule is c1ccc(-c2nc(-c3cnc4c(ccc5c6ccccc6ccc54)c3)nc(-n3c4ccccc4c4ccccc43)n2)cc1. The van der Waals surface area contributed by atoms with Gasteiger partial charge in [-0.3, -0.25) is 9.55 Å². The summed E-state index contributed by atoms with van der Waals surface area (Å²) in [6.07, 6.45) is 1.89. The van der Waals surface area contributed by atoms with Crippen LogP contribution in [0.2, 0.25) is 0 Å². The summed E-state index contributed by atoms with van der Waals surface area (Å²) in [6.45, 7) is 0. The van der Waals surface area contributed by atoms with Gasteiger partial charge in [-0.15, -0.1) is 0 Å². The number of rotatable bonds is 3. The predicted molar refractivity (Wildman–Crippen MR) is 175 cm³/mol. The average Bonchev–Trinajstić information content (AvgIpc) is 3.42. The zero-order valence-electron chi connectivity index (χ0n) is 23.0. The van der Waals surface area contributed by atoms with Crippen molar-refractivity contribution in [2.75, 3.05) is 0 Å². The lowest BCUT2D eigenvalue weighted by Gasteiger charge is -2.11. The van der Waals surface area contributed by atoms with E-state index in [-0.39, 0.29) is 0 Å². The first-order chi connectivity index (χ1) is 21.3. The molecule has 200 valence electrons. The summed E-state index contributed by atoms with van der Waals surface area (Å²) in [5, 5.41) is 8.15. The summed E-state index contributed by atoms with van der Waals surface area (Å²) < 4.78 is 2.13. The second kappa shape index (κ2) is 9.29. The Balaban J connectivity index is 1.29. The van der Waals surface area contributed by atoms with Gasteiger partial charge >= 0.3 is 0 Å². The number of benzene rings is 6. The summed E-state index contributed by atoms with van der Waals surface area (Å²) >= 11 is 0. The van der Waals surface area contributed by atoms with Gasteiger partial charge in [0.1, 0.15) is 0 Å². The standard InChI is InChI=1S/C38H23N5/c1-2-11-25(12-3-1)36-40-37(42-38(41-36)43-33-16-8-6-14-30(33)31-15-7-9-17-34(31)43)27-22-26-19-20-29-28-13-5-4-10-24(28)18-21-32(29)35(26)39-23-27/h1-23H. The lowest BCUT2D eigenvalue weighted by atomic mass is 9.99. The third-order valence-corrected chi connectivity index (χ3v) is 8.27. The number of hydrogen-bond acceptors (Lipinski definition) is 4. The zero-order valence-corrected chi connectivity index (χ0v) is 23.0. The second-order valence-corrected chi connectivity index (χ2v) is 10.8. The molecule has 9 aromatic rings. The largest absolute Gasteiger partial charge is 0.278 e. The maximum atomic E-state index is 5.08. The maximum Gasteiger partial charge on any atom is 0.238 e. The minimum absolute atomic E-state index is 0.575. The van der Waals surface area contributed by atoms with Crippen molar-refractivity contribution in [2.45, 2.75) is 0 Å². The van der Waals surface area contributed by atoms with Gasteiger partial charge in [0, 0.05) is 38.9 Å². The van der Waals surface area contributed by atoms with Crippen LogP contribution in [0.1, 0.15) is 0 Å². The van der Waals surface area contributed by atoms with Crippen LogP contribution in [0.25, 0.3) is 83.0 Å². The molecule has 0 amide bonds. The molecule has 0 radical (unpaired) electrons. The summed E-state index contributed by atoms with van der Waals surface area (Å²) in [5.41, 5.74) is 4.84. The van der Waals surface area contributed by atoms with E-state index in [4.69, 9.17) is 19.9 Å². The van der Waals surface area contributed by atoms with Gasteiger partial charge in [-0.25, -0.2) is 4.98 Å². The summed E-state index contributed by atoms with van der Waals surface area (Å²) in [4.78, 5) is 20.1. The Morgan fingerprint density at radius 1 is 0.419 bits per heavy atom. The van der Waals surface area contributed by atoms with Crippen molar-refractivity contribution in [2.24, 2.45) is 0 Å². The van der Waals surface area contributed by atoms with Gasteiger partial charge < -0.3 is 0 Å². The Kier molecular flexibility index (Phi) is 5.13. The quantitative estimate of drug-likeness (QED) is 0.206. The highest BCUT2D eigenvalue weighted by Crippen LogP contribution is 2.34. The minimum Gasteiger partial charge on any atom is -0.278 e. The topological polar surface area (TPSA) is 56.5 Å². The van der Waals surface area contributed by atoms with E-state index in [1.165, 1.54) is 16.2 Å². The number of nitrogens with zero attached hydrogens (tertiary/aromatic N) is 5. The molecule has 0 aliphatic rings. The predicted octanol–water partition coefficient (Wildman–Crippen LogP) is 9.16. The van der Waals surface area contributed by atoms with E-state index in [2.05, 4.69) is 108 Å². The van der Waals surface area contributed by atoms with Gasteiger partial charge in [0.05, 0.1) is 16.6 Å². The van der Waals surface area contributed by atoms with Crippen molar-refractivity contribution in [1.82, 2.24) is 24.5 Å². The number of para-hydroxylation sites is 2. The third kappa shape index (κ3) is 3.72. The maximum absolute atomic E-state index is 5.08. The van der Waals surface area contributed by atoms with E-state index < -0.39 is 0 Å². The van der Waals surface area contributed by atoms with Crippen LogP contribution < -0.4 is 0 Å². The van der Waals surface area contributed by atoms with Crippen LogP contribution in [0.15, 0.2) is 140 Å². The van der Waals surface area contributed by atoms with E-state index in [0.29, 0.717) is 17.6 Å². The van der Waals surface area contributed by atoms with Crippen molar-refractivity contribution in [1.29, 1.82) is 0 Å². The van der Waals surface area contributed by atoms with Crippen LogP contribution in [-0.2, 0) is 0 Å². The molecule has 0 aliphatic carbocycles. The van der Waals surface area contributed by atoms with E-state index in [0.717, 1.165) is 49.2 Å². The first-order valence-electron chi connectivity index (χ1n) is 14.3. The van der Waals surface area contributed by atoms with Gasteiger partial charge in [-0.05, 0) is 34.4 Å². The molecule has 0 N–H and O–H groups in total. The van der Waals surface area contributed by atoms with Crippen molar-refractivity contribution in [3.63, 3.8) is 0 Å². The van der Waals surface area contributed by atoms with E-state index in [9.17, 15) is 0 Å². The van der Waals surface area contributed by atoms with Crippen molar-refractivity contribution >= 4 is 54.3 Å². The van der Waals surface area contributed by atoms with Gasteiger partial charge in [0.25, 0.3) is 0 Å². The zero-order chi connectivity index (χ0) is 28.3. The highest BCUT2D eigenvalue weighted by Gasteiger charge is 2.18. The van der Waals surface area contributed by atoms with Crippen molar-refractivity contribution < 1.29 is 0 Å². The number of pyridine rings is 1. The molecule has 0 saturated heterocycles. The van der Waals surface area contributed by atoms with Crippen LogP contribution in [0.3, 0.4) is 0 Å². The molecular weight excluding hydrogens is 526 g/mol. The summed E-state index contributed by atoms with van der Waals surface area (Å²) in [7, 11) is 0. The molecule has 0 unspecified atom stereocenters. The molecule has 0 atom stereocenters. The molecule has 0 spiro atoms. The molecular formula is C38H23N5. The normalized spacial score (nSPS) is 11.7. The molecule has 6 aromatic carbocycles. The lowest BCUT2D eigenvalue weighted by molar-refractivity contribution is 0.953. The molecule has 5 heteroatoms. The number of aromatic nitrogens is 5. The Hall–Kier alpha value is -5.94. The summed E-state index contributed by atoms with van der Waals surface area (Å²) in [6, 6.07) is 46.1. The van der Waals surface area contributed by atoms with Gasteiger partial charge in [0.2, 0.25) is 5.95 Å². The molecule has 0 fully saturated rings. The Morgan fingerprint density at radius 2 is 1.02 bits per heavy atom. The molecule has 5 nitrogen and oxygen atoms in total. The van der Waals surface area contributed by atoms with Crippen LogP contribution in [-0.4, -0.2) is 24.5 Å². The number of fused-ring (bicyclic) bond motifs is 8.